The number of nitrogens with one attached hydrogen (secondary N) is 3. The number of ether oxygens (including phenoxy) is 1. The standard InChI is InChI=1S/C31H31N7O5/c1-38(2)30(41)22-9-7-21(8-10-22)23-11-12-27(34-16-23)35-25-15-26(18-33-17-25)37-28(39)13-6-20-4-3-5-24(14-20)36-29(40)19-43-31(32)42/h3-5,7-12,14-18H,6,13,19H2,1-2H3,(H2,32,42)(H,34,35)(H,36,40)(H,37,39). The molecule has 4 amide bonds. The van der Waals surface area contributed by atoms with E-state index in [9.17, 15) is 19.2 Å². The average Bonchev–Trinajstić information content (AvgIpc) is 2.99. The predicted molar refractivity (Wildman–Crippen MR) is 163 cm³/mol. The SMILES string of the molecule is CN(C)C(=O)c1ccc(-c2ccc(Nc3cncc(NC(=O)CCc4cccc(NC(=O)COC(N)=O)c4)c3)nc2)cc1. The molecule has 0 fully saturated rings. The highest BCUT2D eigenvalue weighted by molar-refractivity contribution is 5.94. The summed E-state index contributed by atoms with van der Waals surface area (Å²) >= 11 is 0. The van der Waals surface area contributed by atoms with Gasteiger partial charge in [0.15, 0.2) is 6.61 Å². The summed E-state index contributed by atoms with van der Waals surface area (Å²) in [6.45, 7) is -0.485. The van der Waals surface area contributed by atoms with Crippen LogP contribution >= 0.6 is 0 Å². The molecule has 0 saturated carbocycles. The maximum absolute atomic E-state index is 12.6. The maximum Gasteiger partial charge on any atom is 0.405 e. The van der Waals surface area contributed by atoms with Crippen LogP contribution in [0.5, 0.6) is 0 Å². The second-order valence-corrected chi connectivity index (χ2v) is 9.70. The maximum atomic E-state index is 12.6. The normalized spacial score (nSPS) is 10.4. The Morgan fingerprint density at radius 3 is 2.23 bits per heavy atom. The Morgan fingerprint density at radius 2 is 1.53 bits per heavy atom. The molecule has 12 nitrogen and oxygen atoms in total. The zero-order chi connectivity index (χ0) is 30.8. The van der Waals surface area contributed by atoms with Crippen molar-refractivity contribution in [2.45, 2.75) is 12.8 Å². The lowest BCUT2D eigenvalue weighted by molar-refractivity contribution is -0.119. The van der Waals surface area contributed by atoms with Gasteiger partial charge in [0.2, 0.25) is 5.91 Å². The number of amides is 4. The Kier molecular flexibility index (Phi) is 9.98. The van der Waals surface area contributed by atoms with Crippen LogP contribution < -0.4 is 21.7 Å². The zero-order valence-corrected chi connectivity index (χ0v) is 23.7. The van der Waals surface area contributed by atoms with Gasteiger partial charge in [0.1, 0.15) is 5.82 Å². The van der Waals surface area contributed by atoms with Crippen LogP contribution in [0.25, 0.3) is 11.1 Å². The van der Waals surface area contributed by atoms with Crippen molar-refractivity contribution in [1.82, 2.24) is 14.9 Å². The molecular formula is C31H31N7O5. The Labute approximate surface area is 248 Å². The summed E-state index contributed by atoms with van der Waals surface area (Å²) in [4.78, 5) is 57.4. The number of hydrogen-bond acceptors (Lipinski definition) is 8. The van der Waals surface area contributed by atoms with Crippen molar-refractivity contribution in [3.63, 3.8) is 0 Å². The second-order valence-electron chi connectivity index (χ2n) is 9.70. The third-order valence-corrected chi connectivity index (χ3v) is 6.13. The fraction of sp³-hybridized carbons (Fsp3) is 0.161. The molecule has 0 aliphatic heterocycles. The van der Waals surface area contributed by atoms with Gasteiger partial charge in [-0.1, -0.05) is 24.3 Å². The minimum Gasteiger partial charge on any atom is -0.440 e. The molecule has 0 aliphatic rings. The molecule has 0 atom stereocenters. The van der Waals surface area contributed by atoms with Gasteiger partial charge in [-0.2, -0.15) is 0 Å². The monoisotopic (exact) mass is 581 g/mol. The number of aromatic nitrogens is 2. The van der Waals surface area contributed by atoms with Gasteiger partial charge in [0, 0.05) is 43.5 Å². The van der Waals surface area contributed by atoms with Crippen molar-refractivity contribution in [3.8, 4) is 11.1 Å². The van der Waals surface area contributed by atoms with Gasteiger partial charge in [-0.05, 0) is 60.0 Å². The summed E-state index contributed by atoms with van der Waals surface area (Å²) in [5, 5.41) is 8.63. The fourth-order valence-electron chi connectivity index (χ4n) is 4.05. The smallest absolute Gasteiger partial charge is 0.405 e. The van der Waals surface area contributed by atoms with Crippen molar-refractivity contribution in [3.05, 3.63) is 96.4 Å². The van der Waals surface area contributed by atoms with Crippen LogP contribution in [0, 0.1) is 0 Å². The highest BCUT2D eigenvalue weighted by Gasteiger charge is 2.10. The topological polar surface area (TPSA) is 169 Å². The van der Waals surface area contributed by atoms with Crippen LogP contribution in [0.3, 0.4) is 0 Å². The molecule has 12 heteroatoms. The summed E-state index contributed by atoms with van der Waals surface area (Å²) in [6, 6.07) is 19.9. The number of carbonyl (C=O) groups excluding carboxylic acids is 4. The summed E-state index contributed by atoms with van der Waals surface area (Å²) in [7, 11) is 3.43. The largest absolute Gasteiger partial charge is 0.440 e. The lowest BCUT2D eigenvalue weighted by Gasteiger charge is -2.11. The van der Waals surface area contributed by atoms with Gasteiger partial charge >= 0.3 is 6.09 Å². The van der Waals surface area contributed by atoms with Crippen LogP contribution in [0.15, 0.2) is 85.3 Å². The van der Waals surface area contributed by atoms with Gasteiger partial charge < -0.3 is 31.3 Å². The minimum absolute atomic E-state index is 0.0555. The van der Waals surface area contributed by atoms with Crippen LogP contribution in [-0.4, -0.2) is 59.4 Å². The predicted octanol–water partition coefficient (Wildman–Crippen LogP) is 4.19. The van der Waals surface area contributed by atoms with Crippen molar-refractivity contribution in [1.29, 1.82) is 0 Å². The van der Waals surface area contributed by atoms with Gasteiger partial charge in [-0.15, -0.1) is 0 Å². The molecule has 220 valence electrons. The van der Waals surface area contributed by atoms with E-state index in [1.807, 2.05) is 30.3 Å². The Morgan fingerprint density at radius 1 is 0.814 bits per heavy atom. The van der Waals surface area contributed by atoms with Crippen LogP contribution in [-0.2, 0) is 20.7 Å². The van der Waals surface area contributed by atoms with E-state index >= 15 is 0 Å². The first kappa shape index (κ1) is 30.2. The van der Waals surface area contributed by atoms with Gasteiger partial charge in [-0.3, -0.25) is 19.4 Å². The molecular weight excluding hydrogens is 550 g/mol. The van der Waals surface area contributed by atoms with E-state index in [1.165, 1.54) is 4.90 Å². The van der Waals surface area contributed by atoms with E-state index in [0.29, 0.717) is 34.9 Å². The Bertz CT molecular complexity index is 1610. The van der Waals surface area contributed by atoms with Gasteiger partial charge in [0.05, 0.1) is 23.8 Å². The molecule has 0 aliphatic carbocycles. The molecule has 43 heavy (non-hydrogen) atoms. The third kappa shape index (κ3) is 9.11. The first-order chi connectivity index (χ1) is 20.7. The number of aryl methyl sites for hydroxylation is 1. The highest BCUT2D eigenvalue weighted by atomic mass is 16.5. The molecule has 2 aromatic heterocycles. The molecule has 0 spiro atoms. The van der Waals surface area contributed by atoms with Crippen molar-refractivity contribution < 1.29 is 23.9 Å². The van der Waals surface area contributed by atoms with Gasteiger partial charge in [-0.25, -0.2) is 9.78 Å². The van der Waals surface area contributed by atoms with Crippen LogP contribution in [0.4, 0.5) is 27.7 Å². The van der Waals surface area contributed by atoms with E-state index in [1.54, 1.807) is 69.1 Å². The molecule has 4 rings (SSSR count). The van der Waals surface area contributed by atoms with E-state index in [-0.39, 0.29) is 18.2 Å². The lowest BCUT2D eigenvalue weighted by Crippen LogP contribution is -2.23. The number of anilines is 4. The molecule has 0 saturated heterocycles. The van der Waals surface area contributed by atoms with Gasteiger partial charge in [0.25, 0.3) is 11.8 Å². The molecule has 5 N–H and O–H groups in total. The summed E-state index contributed by atoms with van der Waals surface area (Å²) in [5.41, 5.74) is 9.84. The quantitative estimate of drug-likeness (QED) is 0.204. The van der Waals surface area contributed by atoms with E-state index < -0.39 is 18.6 Å². The Hall–Kier alpha value is -5.78. The zero-order valence-electron chi connectivity index (χ0n) is 23.7. The second kappa shape index (κ2) is 14.2. The third-order valence-electron chi connectivity index (χ3n) is 6.13. The summed E-state index contributed by atoms with van der Waals surface area (Å²) < 4.78 is 4.47. The molecule has 0 bridgehead atoms. The van der Waals surface area contributed by atoms with Crippen molar-refractivity contribution in [2.75, 3.05) is 36.7 Å². The molecule has 0 unspecified atom stereocenters. The first-order valence-electron chi connectivity index (χ1n) is 13.3. The van der Waals surface area contributed by atoms with Crippen molar-refractivity contribution in [2.24, 2.45) is 5.73 Å². The van der Waals surface area contributed by atoms with E-state index in [2.05, 4.69) is 30.7 Å². The number of benzene rings is 2. The van der Waals surface area contributed by atoms with Crippen LogP contribution in [0.2, 0.25) is 0 Å². The summed E-state index contributed by atoms with van der Waals surface area (Å²) in [6.07, 6.45) is 4.52. The summed E-state index contributed by atoms with van der Waals surface area (Å²) in [5.74, 6) is -0.185. The number of nitrogens with two attached hydrogens (primary N) is 1. The number of pyridine rings is 2. The highest BCUT2D eigenvalue weighted by Crippen LogP contribution is 2.23. The number of rotatable bonds is 11. The van der Waals surface area contributed by atoms with E-state index in [0.717, 1.165) is 16.7 Å². The fourth-order valence-corrected chi connectivity index (χ4v) is 4.05. The number of primary amides is 1. The molecule has 4 aromatic rings. The van der Waals surface area contributed by atoms with Crippen LogP contribution in [0.1, 0.15) is 22.3 Å². The van der Waals surface area contributed by atoms with E-state index in [4.69, 9.17) is 5.73 Å². The molecule has 0 radical (unpaired) electrons. The van der Waals surface area contributed by atoms with Crippen molar-refractivity contribution >= 4 is 46.7 Å². The Balaban J connectivity index is 1.29. The number of nitrogens with zero attached hydrogens (tertiary/aromatic N) is 3. The number of carbonyl (C=O) groups is 4. The molecule has 2 aromatic carbocycles. The first-order valence-corrected chi connectivity index (χ1v) is 13.3. The molecule has 2 heterocycles. The lowest BCUT2D eigenvalue weighted by atomic mass is 10.1. The minimum atomic E-state index is -1.03. The average molecular weight is 582 g/mol. The number of hydrogen-bond donors (Lipinski definition) is 4.